The van der Waals surface area contributed by atoms with Gasteiger partial charge in [0.2, 0.25) is 0 Å². The molecule has 0 aromatic carbocycles. The minimum absolute atomic E-state index is 0.0283. The molecule has 0 aromatic rings. The van der Waals surface area contributed by atoms with Gasteiger partial charge in [0.1, 0.15) is 5.78 Å². The number of carbonyl (C=O) groups excluding carboxylic acids is 2. The number of ketones is 1. The SMILES string of the molecule is COC(=O)[C@H]1CC[C@H](C(C)=O)CC1. The lowest BCUT2D eigenvalue weighted by molar-refractivity contribution is -0.147. The molecule has 0 bridgehead atoms. The lowest BCUT2D eigenvalue weighted by Gasteiger charge is -2.24. The van der Waals surface area contributed by atoms with Crippen LogP contribution in [0.4, 0.5) is 0 Å². The van der Waals surface area contributed by atoms with Crippen LogP contribution in [0.25, 0.3) is 0 Å². The average Bonchev–Trinajstić information content (AvgIpc) is 2.17. The summed E-state index contributed by atoms with van der Waals surface area (Å²) < 4.78 is 4.66. The summed E-state index contributed by atoms with van der Waals surface area (Å²) in [6.45, 7) is 1.63. The molecule has 0 spiro atoms. The Bertz CT molecular complexity index is 202. The van der Waals surface area contributed by atoms with Crippen LogP contribution in [0.2, 0.25) is 0 Å². The molecular weight excluding hydrogens is 168 g/mol. The van der Waals surface area contributed by atoms with Crippen molar-refractivity contribution in [1.29, 1.82) is 0 Å². The van der Waals surface area contributed by atoms with Crippen LogP contribution < -0.4 is 0 Å². The zero-order chi connectivity index (χ0) is 9.84. The molecule has 0 N–H and O–H groups in total. The predicted octanol–water partition coefficient (Wildman–Crippen LogP) is 1.55. The van der Waals surface area contributed by atoms with Crippen LogP contribution >= 0.6 is 0 Å². The van der Waals surface area contributed by atoms with E-state index >= 15 is 0 Å². The Balaban J connectivity index is 2.39. The number of methoxy groups -OCH3 is 1. The van der Waals surface area contributed by atoms with E-state index in [4.69, 9.17) is 0 Å². The van der Waals surface area contributed by atoms with Gasteiger partial charge in [-0.05, 0) is 32.6 Å². The van der Waals surface area contributed by atoms with Crippen molar-refractivity contribution in [1.82, 2.24) is 0 Å². The summed E-state index contributed by atoms with van der Waals surface area (Å²) in [4.78, 5) is 22.2. The first-order valence-electron chi connectivity index (χ1n) is 4.73. The third-order valence-corrected chi connectivity index (χ3v) is 2.84. The summed E-state index contributed by atoms with van der Waals surface area (Å²) in [6.07, 6.45) is 3.29. The minimum Gasteiger partial charge on any atom is -0.469 e. The van der Waals surface area contributed by atoms with Crippen LogP contribution in [-0.2, 0) is 14.3 Å². The number of ether oxygens (including phenoxy) is 1. The molecular formula is C10H16O3. The van der Waals surface area contributed by atoms with Crippen molar-refractivity contribution in [2.75, 3.05) is 7.11 Å². The van der Waals surface area contributed by atoms with E-state index in [1.807, 2.05) is 0 Å². The Kier molecular flexibility index (Phi) is 3.46. The highest BCUT2D eigenvalue weighted by atomic mass is 16.5. The summed E-state index contributed by atoms with van der Waals surface area (Å²) >= 11 is 0. The molecule has 0 radical (unpaired) electrons. The number of carbonyl (C=O) groups is 2. The van der Waals surface area contributed by atoms with Gasteiger partial charge in [0.05, 0.1) is 13.0 Å². The Hall–Kier alpha value is -0.860. The van der Waals surface area contributed by atoms with Gasteiger partial charge < -0.3 is 4.74 Å². The van der Waals surface area contributed by atoms with Gasteiger partial charge in [-0.25, -0.2) is 0 Å². The number of hydrogen-bond acceptors (Lipinski definition) is 3. The molecule has 13 heavy (non-hydrogen) atoms. The molecule has 0 heterocycles. The first kappa shape index (κ1) is 10.2. The second-order valence-electron chi connectivity index (χ2n) is 3.68. The molecule has 1 saturated carbocycles. The maximum atomic E-state index is 11.1. The molecule has 0 saturated heterocycles. The van der Waals surface area contributed by atoms with Crippen molar-refractivity contribution in [3.8, 4) is 0 Å². The van der Waals surface area contributed by atoms with Crippen molar-refractivity contribution in [3.63, 3.8) is 0 Å². The first-order chi connectivity index (χ1) is 6.15. The van der Waals surface area contributed by atoms with Crippen molar-refractivity contribution in [3.05, 3.63) is 0 Å². The molecule has 3 heteroatoms. The number of esters is 1. The van der Waals surface area contributed by atoms with E-state index in [9.17, 15) is 9.59 Å². The fourth-order valence-corrected chi connectivity index (χ4v) is 1.90. The number of Topliss-reactive ketones (excluding diaryl/α,β-unsaturated/α-hetero) is 1. The second kappa shape index (κ2) is 4.40. The maximum Gasteiger partial charge on any atom is 0.308 e. The van der Waals surface area contributed by atoms with Crippen molar-refractivity contribution in [2.45, 2.75) is 32.6 Å². The highest BCUT2D eigenvalue weighted by Crippen LogP contribution is 2.29. The predicted molar refractivity (Wildman–Crippen MR) is 48.1 cm³/mol. The molecule has 1 fully saturated rings. The van der Waals surface area contributed by atoms with Gasteiger partial charge >= 0.3 is 5.97 Å². The Labute approximate surface area is 78.5 Å². The van der Waals surface area contributed by atoms with E-state index in [1.165, 1.54) is 7.11 Å². The van der Waals surface area contributed by atoms with Gasteiger partial charge in [-0.2, -0.15) is 0 Å². The van der Waals surface area contributed by atoms with Gasteiger partial charge in [-0.3, -0.25) is 9.59 Å². The number of hydrogen-bond donors (Lipinski definition) is 0. The molecule has 0 atom stereocenters. The molecule has 74 valence electrons. The van der Waals surface area contributed by atoms with Crippen LogP contribution in [-0.4, -0.2) is 18.9 Å². The standard InChI is InChI=1S/C10H16O3/c1-7(11)8-3-5-9(6-4-8)10(12)13-2/h8-9H,3-6H2,1-2H3/t8-,9-. The van der Waals surface area contributed by atoms with Gasteiger partial charge in [0, 0.05) is 5.92 Å². The monoisotopic (exact) mass is 184 g/mol. The highest BCUT2D eigenvalue weighted by molar-refractivity contribution is 5.79. The topological polar surface area (TPSA) is 43.4 Å². The lowest BCUT2D eigenvalue weighted by atomic mass is 9.80. The zero-order valence-electron chi connectivity index (χ0n) is 8.21. The van der Waals surface area contributed by atoms with Gasteiger partial charge in [-0.1, -0.05) is 0 Å². The third-order valence-electron chi connectivity index (χ3n) is 2.84. The van der Waals surface area contributed by atoms with Crippen LogP contribution in [0.5, 0.6) is 0 Å². The van der Waals surface area contributed by atoms with E-state index < -0.39 is 0 Å². The summed E-state index contributed by atoms with van der Waals surface area (Å²) in [5.74, 6) is 0.340. The quantitative estimate of drug-likeness (QED) is 0.611. The first-order valence-corrected chi connectivity index (χ1v) is 4.73. The van der Waals surface area contributed by atoms with Crippen LogP contribution in [0.1, 0.15) is 32.6 Å². The molecule has 1 aliphatic carbocycles. The van der Waals surface area contributed by atoms with Gasteiger partial charge in [-0.15, -0.1) is 0 Å². The Morgan fingerprint density at radius 2 is 1.54 bits per heavy atom. The normalized spacial score (nSPS) is 28.2. The van der Waals surface area contributed by atoms with E-state index in [0.29, 0.717) is 0 Å². The van der Waals surface area contributed by atoms with Crippen LogP contribution in [0.3, 0.4) is 0 Å². The fraction of sp³-hybridized carbons (Fsp3) is 0.800. The molecule has 1 aliphatic rings. The summed E-state index contributed by atoms with van der Waals surface area (Å²) in [5, 5.41) is 0. The van der Waals surface area contributed by atoms with Gasteiger partial charge in [0.15, 0.2) is 0 Å². The molecule has 0 aliphatic heterocycles. The molecule has 3 nitrogen and oxygen atoms in total. The summed E-state index contributed by atoms with van der Waals surface area (Å²) in [5.41, 5.74) is 0. The van der Waals surface area contributed by atoms with Crippen molar-refractivity contribution in [2.24, 2.45) is 11.8 Å². The smallest absolute Gasteiger partial charge is 0.308 e. The minimum atomic E-state index is -0.123. The molecule has 0 aromatic heterocycles. The Morgan fingerprint density at radius 3 is 1.92 bits per heavy atom. The molecule has 1 rings (SSSR count). The average molecular weight is 184 g/mol. The molecule has 0 unspecified atom stereocenters. The fourth-order valence-electron chi connectivity index (χ4n) is 1.90. The largest absolute Gasteiger partial charge is 0.469 e. The van der Waals surface area contributed by atoms with Crippen LogP contribution in [0.15, 0.2) is 0 Å². The zero-order valence-corrected chi connectivity index (χ0v) is 8.21. The van der Waals surface area contributed by atoms with Gasteiger partial charge in [0.25, 0.3) is 0 Å². The highest BCUT2D eigenvalue weighted by Gasteiger charge is 2.28. The van der Waals surface area contributed by atoms with E-state index in [2.05, 4.69) is 4.74 Å². The summed E-state index contributed by atoms with van der Waals surface area (Å²) in [7, 11) is 1.42. The van der Waals surface area contributed by atoms with E-state index in [0.717, 1.165) is 25.7 Å². The summed E-state index contributed by atoms with van der Waals surface area (Å²) in [6, 6.07) is 0. The Morgan fingerprint density at radius 1 is 1.08 bits per heavy atom. The number of rotatable bonds is 2. The molecule has 0 amide bonds. The van der Waals surface area contributed by atoms with E-state index in [-0.39, 0.29) is 23.6 Å². The maximum absolute atomic E-state index is 11.1. The van der Waals surface area contributed by atoms with Crippen molar-refractivity contribution < 1.29 is 14.3 Å². The second-order valence-corrected chi connectivity index (χ2v) is 3.68. The lowest BCUT2D eigenvalue weighted by Crippen LogP contribution is -2.25. The van der Waals surface area contributed by atoms with Crippen LogP contribution in [0, 0.1) is 11.8 Å². The van der Waals surface area contributed by atoms with E-state index in [1.54, 1.807) is 6.92 Å². The third kappa shape index (κ3) is 2.54. The van der Waals surface area contributed by atoms with Crippen molar-refractivity contribution >= 4 is 11.8 Å².